The number of benzene rings is 1. The van der Waals surface area contributed by atoms with Gasteiger partial charge in [-0.3, -0.25) is 0 Å². The van der Waals surface area contributed by atoms with Crippen molar-refractivity contribution in [3.8, 4) is 0 Å². The minimum absolute atomic E-state index is 0.212. The molecule has 0 heterocycles. The van der Waals surface area contributed by atoms with Crippen molar-refractivity contribution in [3.05, 3.63) is 34.6 Å². The van der Waals surface area contributed by atoms with Gasteiger partial charge in [-0.05, 0) is 43.0 Å². The summed E-state index contributed by atoms with van der Waals surface area (Å²) in [5.41, 5.74) is 1.05. The molecule has 0 aliphatic heterocycles. The van der Waals surface area contributed by atoms with Gasteiger partial charge in [0.1, 0.15) is 5.82 Å². The standard InChI is InChI=1S/C15H21ClFN/c16-14-9-13(7-8-15(14)17)11-18-10-12-5-3-1-2-4-6-12/h7-9,12,18H,1-6,10-11H2. The Labute approximate surface area is 114 Å². The van der Waals surface area contributed by atoms with Gasteiger partial charge in [0.05, 0.1) is 5.02 Å². The quantitative estimate of drug-likeness (QED) is 0.792. The predicted octanol–water partition coefficient (Wildman–Crippen LogP) is 4.54. The van der Waals surface area contributed by atoms with Crippen LogP contribution in [0, 0.1) is 11.7 Å². The van der Waals surface area contributed by atoms with E-state index in [-0.39, 0.29) is 10.8 Å². The molecule has 1 nitrogen and oxygen atoms in total. The van der Waals surface area contributed by atoms with Crippen LogP contribution in [0.2, 0.25) is 5.02 Å². The smallest absolute Gasteiger partial charge is 0.141 e. The van der Waals surface area contributed by atoms with Crippen LogP contribution < -0.4 is 5.32 Å². The van der Waals surface area contributed by atoms with Gasteiger partial charge in [0, 0.05) is 6.54 Å². The average Bonchev–Trinajstić information content (AvgIpc) is 2.62. The van der Waals surface area contributed by atoms with Crippen molar-refractivity contribution in [2.75, 3.05) is 6.54 Å². The predicted molar refractivity (Wildman–Crippen MR) is 74.3 cm³/mol. The minimum Gasteiger partial charge on any atom is -0.312 e. The summed E-state index contributed by atoms with van der Waals surface area (Å²) in [7, 11) is 0. The van der Waals surface area contributed by atoms with Crippen molar-refractivity contribution in [3.63, 3.8) is 0 Å². The Hall–Kier alpha value is -0.600. The molecule has 3 heteroatoms. The molecule has 1 saturated carbocycles. The molecule has 0 spiro atoms. The Bertz CT molecular complexity index is 373. The number of nitrogens with one attached hydrogen (secondary N) is 1. The maximum atomic E-state index is 13.0. The van der Waals surface area contributed by atoms with Crippen molar-refractivity contribution in [2.45, 2.75) is 45.1 Å². The Kier molecular flexibility index (Phi) is 5.45. The second-order valence-electron chi connectivity index (χ2n) is 5.24. The van der Waals surface area contributed by atoms with Gasteiger partial charge in [-0.15, -0.1) is 0 Å². The van der Waals surface area contributed by atoms with E-state index in [9.17, 15) is 4.39 Å². The van der Waals surface area contributed by atoms with Crippen LogP contribution in [-0.4, -0.2) is 6.54 Å². The van der Waals surface area contributed by atoms with E-state index in [4.69, 9.17) is 11.6 Å². The van der Waals surface area contributed by atoms with Crippen molar-refractivity contribution in [2.24, 2.45) is 5.92 Å². The minimum atomic E-state index is -0.343. The van der Waals surface area contributed by atoms with E-state index in [1.54, 1.807) is 12.1 Å². The van der Waals surface area contributed by atoms with Crippen LogP contribution in [0.4, 0.5) is 4.39 Å². The highest BCUT2D eigenvalue weighted by atomic mass is 35.5. The largest absolute Gasteiger partial charge is 0.312 e. The fourth-order valence-electron chi connectivity index (χ4n) is 2.64. The summed E-state index contributed by atoms with van der Waals surface area (Å²) in [6.07, 6.45) is 8.21. The lowest BCUT2D eigenvalue weighted by Crippen LogP contribution is -2.22. The van der Waals surface area contributed by atoms with Crippen molar-refractivity contribution in [1.82, 2.24) is 5.32 Å². The van der Waals surface area contributed by atoms with Crippen LogP contribution in [0.1, 0.15) is 44.1 Å². The van der Waals surface area contributed by atoms with Gasteiger partial charge in [0.15, 0.2) is 0 Å². The third-order valence-electron chi connectivity index (χ3n) is 3.72. The van der Waals surface area contributed by atoms with E-state index in [1.807, 2.05) is 0 Å². The summed E-state index contributed by atoms with van der Waals surface area (Å²) in [5.74, 6) is 0.465. The first-order valence-corrected chi connectivity index (χ1v) is 7.28. The highest BCUT2D eigenvalue weighted by Gasteiger charge is 2.11. The molecule has 1 N–H and O–H groups in total. The Balaban J connectivity index is 1.75. The summed E-state index contributed by atoms with van der Waals surface area (Å²) in [6.45, 7) is 1.84. The molecule has 0 amide bonds. The van der Waals surface area contributed by atoms with Gasteiger partial charge in [-0.25, -0.2) is 4.39 Å². The molecule has 0 saturated heterocycles. The van der Waals surface area contributed by atoms with Gasteiger partial charge in [-0.1, -0.05) is 43.4 Å². The lowest BCUT2D eigenvalue weighted by Gasteiger charge is -2.14. The molecule has 18 heavy (non-hydrogen) atoms. The van der Waals surface area contributed by atoms with Crippen molar-refractivity contribution < 1.29 is 4.39 Å². The second-order valence-corrected chi connectivity index (χ2v) is 5.64. The summed E-state index contributed by atoms with van der Waals surface area (Å²) >= 11 is 5.76. The van der Waals surface area contributed by atoms with Crippen molar-refractivity contribution >= 4 is 11.6 Å². The molecule has 1 aliphatic rings. The molecule has 0 bridgehead atoms. The molecule has 0 atom stereocenters. The fourth-order valence-corrected chi connectivity index (χ4v) is 2.84. The molecule has 1 aliphatic carbocycles. The second kappa shape index (κ2) is 7.10. The molecule has 1 aromatic rings. The van der Waals surface area contributed by atoms with Gasteiger partial charge in [0.2, 0.25) is 0 Å². The van der Waals surface area contributed by atoms with Gasteiger partial charge < -0.3 is 5.32 Å². The van der Waals surface area contributed by atoms with Crippen LogP contribution >= 0.6 is 11.6 Å². The molecule has 0 aromatic heterocycles. The molecular weight excluding hydrogens is 249 g/mol. The van der Waals surface area contributed by atoms with Crippen LogP contribution in [0.3, 0.4) is 0 Å². The normalized spacial score (nSPS) is 17.7. The molecular formula is C15H21ClFN. The van der Waals surface area contributed by atoms with Crippen LogP contribution in [0.15, 0.2) is 18.2 Å². The Morgan fingerprint density at radius 1 is 1.17 bits per heavy atom. The summed E-state index contributed by atoms with van der Waals surface area (Å²) < 4.78 is 13.0. The molecule has 1 fully saturated rings. The highest BCUT2D eigenvalue weighted by molar-refractivity contribution is 6.30. The maximum absolute atomic E-state index is 13.0. The van der Waals surface area contributed by atoms with Crippen molar-refractivity contribution in [1.29, 1.82) is 0 Å². The van der Waals surface area contributed by atoms with Crippen LogP contribution in [0.5, 0.6) is 0 Å². The highest BCUT2D eigenvalue weighted by Crippen LogP contribution is 2.22. The monoisotopic (exact) mass is 269 g/mol. The molecule has 0 radical (unpaired) electrons. The van der Waals surface area contributed by atoms with E-state index in [0.717, 1.165) is 24.6 Å². The van der Waals surface area contributed by atoms with Gasteiger partial charge in [0.25, 0.3) is 0 Å². The maximum Gasteiger partial charge on any atom is 0.141 e. The first-order chi connectivity index (χ1) is 8.75. The molecule has 2 rings (SSSR count). The fraction of sp³-hybridized carbons (Fsp3) is 0.600. The lowest BCUT2D eigenvalue weighted by atomic mass is 10.0. The van der Waals surface area contributed by atoms with Gasteiger partial charge in [-0.2, -0.15) is 0 Å². The van der Waals surface area contributed by atoms with Gasteiger partial charge >= 0.3 is 0 Å². The first kappa shape index (κ1) is 13.8. The van der Waals surface area contributed by atoms with E-state index in [2.05, 4.69) is 5.32 Å². The number of halogens is 2. The zero-order valence-electron chi connectivity index (χ0n) is 10.7. The topological polar surface area (TPSA) is 12.0 Å². The first-order valence-electron chi connectivity index (χ1n) is 6.90. The van der Waals surface area contributed by atoms with E-state index >= 15 is 0 Å². The zero-order chi connectivity index (χ0) is 12.8. The number of rotatable bonds is 4. The van der Waals surface area contributed by atoms with E-state index in [0.29, 0.717) is 0 Å². The Morgan fingerprint density at radius 3 is 2.56 bits per heavy atom. The van der Waals surface area contributed by atoms with E-state index < -0.39 is 0 Å². The SMILES string of the molecule is Fc1ccc(CNCC2CCCCCC2)cc1Cl. The van der Waals surface area contributed by atoms with E-state index in [1.165, 1.54) is 44.6 Å². The third-order valence-corrected chi connectivity index (χ3v) is 4.01. The third kappa shape index (κ3) is 4.25. The summed E-state index contributed by atoms with van der Waals surface area (Å²) in [5, 5.41) is 3.68. The zero-order valence-corrected chi connectivity index (χ0v) is 11.5. The molecule has 100 valence electrons. The molecule has 1 aromatic carbocycles. The van der Waals surface area contributed by atoms with Crippen LogP contribution in [0.25, 0.3) is 0 Å². The Morgan fingerprint density at radius 2 is 1.89 bits per heavy atom. The average molecular weight is 270 g/mol. The van der Waals surface area contributed by atoms with Crippen LogP contribution in [-0.2, 0) is 6.54 Å². The number of hydrogen-bond acceptors (Lipinski definition) is 1. The lowest BCUT2D eigenvalue weighted by molar-refractivity contribution is 0.425. The number of hydrogen-bond donors (Lipinski definition) is 1. The summed E-state index contributed by atoms with van der Waals surface area (Å²) in [4.78, 5) is 0. The molecule has 0 unspecified atom stereocenters. The summed E-state index contributed by atoms with van der Waals surface area (Å²) in [6, 6.07) is 4.93.